The number of ether oxygens (including phenoxy) is 2. The molecule has 13 heteroatoms. The smallest absolute Gasteiger partial charge is 0.398 e. The second kappa shape index (κ2) is 17.6. The van der Waals surface area contributed by atoms with Crippen LogP contribution in [-0.4, -0.2) is 48.1 Å². The number of esters is 2. The molecule has 0 fully saturated rings. The van der Waals surface area contributed by atoms with Gasteiger partial charge in [-0.05, 0) is 25.4 Å². The van der Waals surface area contributed by atoms with Crippen LogP contribution in [0.4, 0.5) is 0 Å². The van der Waals surface area contributed by atoms with Crippen molar-refractivity contribution < 1.29 is 38.2 Å². The Kier molecular flexibility index (Phi) is 19.1. The van der Waals surface area contributed by atoms with Crippen molar-refractivity contribution in [3.05, 3.63) is 0 Å². The fraction of sp³-hybridized carbons (Fsp3) is 0.500. The van der Waals surface area contributed by atoms with Gasteiger partial charge in [-0.15, -0.1) is 0 Å². The van der Waals surface area contributed by atoms with Crippen molar-refractivity contribution in [3.63, 3.8) is 0 Å². The average Bonchev–Trinajstić information content (AvgIpc) is 2.54. The minimum Gasteiger partial charge on any atom is -0.459 e. The van der Waals surface area contributed by atoms with Crippen LogP contribution in [0.5, 0.6) is 0 Å². The monoisotopic (exact) mass is 384 g/mol. The molecule has 0 atom stereocenters. The van der Waals surface area contributed by atoms with Gasteiger partial charge in [-0.25, -0.2) is 15.4 Å². The van der Waals surface area contributed by atoms with Gasteiger partial charge in [0, 0.05) is 13.8 Å². The lowest BCUT2D eigenvalue weighted by molar-refractivity contribution is -0.155. The standard InChI is InChI=1S/C6H10N2O4.C4H5ClO3.C2H6N2O/c1-3-12-6(11)5(10)8-7-4(2)9;1-2-8-4(7)3(5)6;1-2(5)4-3/h3H2,1-2H3,(H,7,9)(H,8,10);2H2,1H3;3H2,1H3,(H,4,5). The minimum absolute atomic E-state index is 0.117. The zero-order valence-electron chi connectivity index (χ0n) is 14.1. The Morgan fingerprint density at radius 1 is 0.840 bits per heavy atom. The van der Waals surface area contributed by atoms with Crippen molar-refractivity contribution in [2.45, 2.75) is 27.7 Å². The molecule has 0 unspecified atom stereocenters. The maximum absolute atomic E-state index is 10.6. The summed E-state index contributed by atoms with van der Waals surface area (Å²) in [6, 6.07) is 0. The normalized spacial score (nSPS) is 8.08. The van der Waals surface area contributed by atoms with Crippen LogP contribution < -0.4 is 22.1 Å². The molecule has 0 aliphatic carbocycles. The van der Waals surface area contributed by atoms with Crippen LogP contribution in [0.15, 0.2) is 0 Å². The van der Waals surface area contributed by atoms with Crippen LogP contribution in [0.25, 0.3) is 0 Å². The van der Waals surface area contributed by atoms with Crippen LogP contribution in [0.2, 0.25) is 0 Å². The molecule has 0 bridgehead atoms. The van der Waals surface area contributed by atoms with E-state index in [9.17, 15) is 28.8 Å². The summed E-state index contributed by atoms with van der Waals surface area (Å²) in [6.07, 6.45) is 0. The van der Waals surface area contributed by atoms with Gasteiger partial charge in [0.2, 0.25) is 11.8 Å². The third kappa shape index (κ3) is 23.7. The number of hydrogen-bond acceptors (Lipinski definition) is 9. The molecule has 0 aromatic rings. The maximum atomic E-state index is 10.6. The van der Waals surface area contributed by atoms with Gasteiger partial charge in [0.1, 0.15) is 0 Å². The van der Waals surface area contributed by atoms with Crippen molar-refractivity contribution in [3.8, 4) is 0 Å². The van der Waals surface area contributed by atoms with Crippen LogP contribution in [0, 0.1) is 0 Å². The first-order chi connectivity index (χ1) is 11.5. The molecule has 0 radical (unpaired) electrons. The number of carbonyl (C=O) groups is 6. The fourth-order valence-electron chi connectivity index (χ4n) is 0.580. The van der Waals surface area contributed by atoms with Gasteiger partial charge in [-0.3, -0.25) is 35.5 Å². The number of hydrogen-bond donors (Lipinski definition) is 4. The van der Waals surface area contributed by atoms with Crippen LogP contribution in [0.1, 0.15) is 27.7 Å². The van der Waals surface area contributed by atoms with E-state index in [1.165, 1.54) is 13.8 Å². The van der Waals surface area contributed by atoms with Gasteiger partial charge in [0.05, 0.1) is 13.2 Å². The zero-order valence-corrected chi connectivity index (χ0v) is 14.9. The molecule has 3 amide bonds. The summed E-state index contributed by atoms with van der Waals surface area (Å²) in [6.45, 7) is 6.01. The quantitative estimate of drug-likeness (QED) is 0.107. The van der Waals surface area contributed by atoms with Crippen molar-refractivity contribution in [1.82, 2.24) is 16.3 Å². The lowest BCUT2D eigenvalue weighted by atomic mass is 10.6. The molecule has 0 aromatic heterocycles. The molecule has 0 rings (SSSR count). The summed E-state index contributed by atoms with van der Waals surface area (Å²) >= 11 is 4.69. The predicted molar refractivity (Wildman–Crippen MR) is 84.1 cm³/mol. The predicted octanol–water partition coefficient (Wildman–Crippen LogP) is -1.97. The van der Waals surface area contributed by atoms with Gasteiger partial charge in [0.15, 0.2) is 0 Å². The molecule has 144 valence electrons. The topological polar surface area (TPSA) is 183 Å². The SMILES string of the molecule is CC(=O)NN.CCOC(=O)C(=O)Cl.CCOC(=O)C(=O)NNC(C)=O. The number of nitrogens with one attached hydrogen (secondary N) is 3. The Bertz CT molecular complexity index is 484. The summed E-state index contributed by atoms with van der Waals surface area (Å²) in [5.41, 5.74) is 5.69. The largest absolute Gasteiger partial charge is 0.459 e. The third-order valence-electron chi connectivity index (χ3n) is 1.45. The molecule has 0 saturated carbocycles. The Labute approximate surface area is 148 Å². The lowest BCUT2D eigenvalue weighted by Gasteiger charge is -2.03. The number of carbonyl (C=O) groups excluding carboxylic acids is 6. The summed E-state index contributed by atoms with van der Waals surface area (Å²) in [4.78, 5) is 60.9. The van der Waals surface area contributed by atoms with Gasteiger partial charge in [0.25, 0.3) is 0 Å². The molecule has 0 spiro atoms. The highest BCUT2D eigenvalue weighted by Crippen LogP contribution is 1.83. The van der Waals surface area contributed by atoms with Crippen molar-refractivity contribution in [1.29, 1.82) is 0 Å². The van der Waals surface area contributed by atoms with Gasteiger partial charge in [-0.1, -0.05) is 0 Å². The van der Waals surface area contributed by atoms with Crippen molar-refractivity contribution in [2.24, 2.45) is 5.84 Å². The Balaban J connectivity index is -0.000000321. The molecule has 5 N–H and O–H groups in total. The molecular formula is C12H21ClN4O8. The van der Waals surface area contributed by atoms with E-state index in [1.54, 1.807) is 13.8 Å². The first-order valence-electron chi connectivity index (χ1n) is 6.60. The molecule has 0 aliphatic rings. The van der Waals surface area contributed by atoms with E-state index in [2.05, 4.69) is 15.3 Å². The summed E-state index contributed by atoms with van der Waals surface area (Å²) in [7, 11) is 0. The lowest BCUT2D eigenvalue weighted by Crippen LogP contribution is -2.44. The van der Waals surface area contributed by atoms with E-state index in [4.69, 9.17) is 11.6 Å². The van der Waals surface area contributed by atoms with Crippen LogP contribution in [-0.2, 0) is 38.2 Å². The average molecular weight is 385 g/mol. The first kappa shape index (κ1) is 27.1. The van der Waals surface area contributed by atoms with E-state index in [0.717, 1.165) is 0 Å². The molecular weight excluding hydrogens is 364 g/mol. The van der Waals surface area contributed by atoms with Crippen molar-refractivity contribution >= 4 is 46.5 Å². The highest BCUT2D eigenvalue weighted by atomic mass is 35.5. The molecule has 0 aromatic carbocycles. The highest BCUT2D eigenvalue weighted by molar-refractivity contribution is 6.80. The second-order valence-corrected chi connectivity index (χ2v) is 3.89. The van der Waals surface area contributed by atoms with Crippen molar-refractivity contribution in [2.75, 3.05) is 13.2 Å². The van der Waals surface area contributed by atoms with Crippen LogP contribution in [0.3, 0.4) is 0 Å². The number of halogens is 1. The first-order valence-corrected chi connectivity index (χ1v) is 6.98. The van der Waals surface area contributed by atoms with Gasteiger partial charge >= 0.3 is 23.1 Å². The molecule has 0 saturated heterocycles. The number of nitrogens with two attached hydrogens (primary N) is 1. The number of hydrazine groups is 2. The summed E-state index contributed by atoms with van der Waals surface area (Å²) in [5.74, 6) is 0.882. The van der Waals surface area contributed by atoms with E-state index in [1.807, 2.05) is 16.3 Å². The number of rotatable bonds is 3. The molecule has 0 heterocycles. The maximum Gasteiger partial charge on any atom is 0.398 e. The summed E-state index contributed by atoms with van der Waals surface area (Å²) in [5, 5.41) is -1.08. The van der Waals surface area contributed by atoms with Crippen LogP contribution >= 0.6 is 11.6 Å². The minimum atomic E-state index is -1.08. The van der Waals surface area contributed by atoms with E-state index < -0.39 is 29.0 Å². The Morgan fingerprint density at radius 2 is 1.24 bits per heavy atom. The Morgan fingerprint density at radius 3 is 1.48 bits per heavy atom. The molecule has 25 heavy (non-hydrogen) atoms. The van der Waals surface area contributed by atoms with Gasteiger partial charge in [-0.2, -0.15) is 0 Å². The fourth-order valence-corrected chi connectivity index (χ4v) is 0.635. The second-order valence-electron chi connectivity index (χ2n) is 3.55. The summed E-state index contributed by atoms with van der Waals surface area (Å²) < 4.78 is 8.52. The third-order valence-corrected chi connectivity index (χ3v) is 1.61. The van der Waals surface area contributed by atoms with Gasteiger partial charge < -0.3 is 9.47 Å². The van der Waals surface area contributed by atoms with E-state index in [-0.39, 0.29) is 19.1 Å². The number of amides is 3. The molecule has 0 aliphatic heterocycles. The zero-order chi connectivity index (χ0) is 20.4. The van der Waals surface area contributed by atoms with E-state index in [0.29, 0.717) is 0 Å². The van der Waals surface area contributed by atoms with E-state index >= 15 is 0 Å². The Hall–Kier alpha value is -2.73. The molecule has 12 nitrogen and oxygen atoms in total. The highest BCUT2D eigenvalue weighted by Gasteiger charge is 2.13.